The van der Waals surface area contributed by atoms with Gasteiger partial charge >= 0.3 is 5.97 Å². The average molecular weight is 285 g/mol. The number of anilines is 1. The van der Waals surface area contributed by atoms with Crippen LogP contribution in [0.5, 0.6) is 0 Å². The van der Waals surface area contributed by atoms with Gasteiger partial charge in [-0.2, -0.15) is 0 Å². The zero-order valence-electron chi connectivity index (χ0n) is 10.5. The number of nitrogens with one attached hydrogen (secondary N) is 1. The molecule has 5 nitrogen and oxygen atoms in total. The summed E-state index contributed by atoms with van der Waals surface area (Å²) in [5.74, 6) is -4.66. The predicted molar refractivity (Wildman–Crippen MR) is 65.5 cm³/mol. The summed E-state index contributed by atoms with van der Waals surface area (Å²) in [6.07, 6.45) is 1.02. The van der Waals surface area contributed by atoms with E-state index in [1.54, 1.807) is 0 Å². The smallest absolute Gasteiger partial charge is 0.337 e. The van der Waals surface area contributed by atoms with E-state index in [1.807, 2.05) is 0 Å². The van der Waals surface area contributed by atoms with Crippen LogP contribution >= 0.6 is 0 Å². The zero-order chi connectivity index (χ0) is 14.7. The molecule has 7 heteroatoms. The van der Waals surface area contributed by atoms with Gasteiger partial charge in [-0.05, 0) is 18.9 Å². The Labute approximate surface area is 113 Å². The highest BCUT2D eigenvalue weighted by Crippen LogP contribution is 2.23. The highest BCUT2D eigenvalue weighted by atomic mass is 19.2. The van der Waals surface area contributed by atoms with Crippen LogP contribution in [-0.4, -0.2) is 30.2 Å². The lowest BCUT2D eigenvalue weighted by molar-refractivity contribution is -0.122. The third-order valence-corrected chi connectivity index (χ3v) is 3.14. The van der Waals surface area contributed by atoms with Gasteiger partial charge in [-0.15, -0.1) is 0 Å². The Morgan fingerprint density at radius 2 is 1.80 bits per heavy atom. The molecule has 1 aliphatic heterocycles. The summed E-state index contributed by atoms with van der Waals surface area (Å²) in [7, 11) is 0. The van der Waals surface area contributed by atoms with E-state index in [9.17, 15) is 18.4 Å². The third kappa shape index (κ3) is 3.11. The van der Waals surface area contributed by atoms with Gasteiger partial charge in [0.2, 0.25) is 5.91 Å². The van der Waals surface area contributed by atoms with E-state index in [1.165, 1.54) is 0 Å². The van der Waals surface area contributed by atoms with Crippen LogP contribution in [0.15, 0.2) is 12.1 Å². The number of benzene rings is 1. The Kier molecular flexibility index (Phi) is 4.29. The molecule has 0 bridgehead atoms. The second-order valence-corrected chi connectivity index (χ2v) is 4.49. The van der Waals surface area contributed by atoms with Crippen LogP contribution in [0.3, 0.4) is 0 Å². The standard InChI is InChI=1S/C13H13F2NO4/c14-9-5-8(13(18)19)11(6-10(9)15)16-12(17)7-1-3-20-4-2-7/h5-7H,1-4H2,(H,16,17)(H,18,19). The summed E-state index contributed by atoms with van der Waals surface area (Å²) in [6, 6.07) is 1.23. The summed E-state index contributed by atoms with van der Waals surface area (Å²) in [5.41, 5.74) is -0.725. The molecule has 1 aromatic rings. The van der Waals surface area contributed by atoms with E-state index in [0.29, 0.717) is 38.2 Å². The van der Waals surface area contributed by atoms with Gasteiger partial charge in [0.05, 0.1) is 11.3 Å². The van der Waals surface area contributed by atoms with Crippen molar-refractivity contribution in [1.29, 1.82) is 0 Å². The van der Waals surface area contributed by atoms with Crippen molar-refractivity contribution < 1.29 is 28.2 Å². The van der Waals surface area contributed by atoms with Crippen LogP contribution in [0, 0.1) is 17.6 Å². The van der Waals surface area contributed by atoms with Crippen LogP contribution < -0.4 is 5.32 Å². The van der Waals surface area contributed by atoms with Gasteiger partial charge in [0, 0.05) is 25.2 Å². The highest BCUT2D eigenvalue weighted by molar-refractivity contribution is 6.01. The number of ether oxygens (including phenoxy) is 1. The van der Waals surface area contributed by atoms with Crippen LogP contribution in [0.2, 0.25) is 0 Å². The normalized spacial score (nSPS) is 15.9. The van der Waals surface area contributed by atoms with Crippen molar-refractivity contribution in [1.82, 2.24) is 0 Å². The van der Waals surface area contributed by atoms with Gasteiger partial charge in [-0.25, -0.2) is 13.6 Å². The minimum absolute atomic E-state index is 0.243. The van der Waals surface area contributed by atoms with Crippen molar-refractivity contribution in [2.45, 2.75) is 12.8 Å². The average Bonchev–Trinajstić information content (AvgIpc) is 2.43. The summed E-state index contributed by atoms with van der Waals surface area (Å²) in [4.78, 5) is 22.9. The minimum atomic E-state index is -1.44. The van der Waals surface area contributed by atoms with Gasteiger partial charge < -0.3 is 15.2 Å². The second-order valence-electron chi connectivity index (χ2n) is 4.49. The fourth-order valence-electron chi connectivity index (χ4n) is 2.02. The molecule has 0 aliphatic carbocycles. The number of amides is 1. The molecule has 1 aliphatic rings. The number of carbonyl (C=O) groups is 2. The van der Waals surface area contributed by atoms with E-state index >= 15 is 0 Å². The van der Waals surface area contributed by atoms with E-state index < -0.39 is 29.1 Å². The SMILES string of the molecule is O=C(O)c1cc(F)c(F)cc1NC(=O)C1CCOCC1. The fourth-order valence-corrected chi connectivity index (χ4v) is 2.02. The summed E-state index contributed by atoms with van der Waals surface area (Å²) >= 11 is 0. The van der Waals surface area contributed by atoms with E-state index in [-0.39, 0.29) is 11.6 Å². The maximum absolute atomic E-state index is 13.2. The number of halogens is 2. The number of aromatic carboxylic acids is 1. The first-order valence-corrected chi connectivity index (χ1v) is 6.10. The van der Waals surface area contributed by atoms with Gasteiger partial charge in [0.1, 0.15) is 0 Å². The monoisotopic (exact) mass is 285 g/mol. The molecule has 0 aromatic heterocycles. The molecule has 108 valence electrons. The molecule has 0 saturated carbocycles. The van der Waals surface area contributed by atoms with Crippen molar-refractivity contribution >= 4 is 17.6 Å². The van der Waals surface area contributed by atoms with Crippen molar-refractivity contribution in [2.24, 2.45) is 5.92 Å². The highest BCUT2D eigenvalue weighted by Gasteiger charge is 2.24. The molecule has 2 rings (SSSR count). The van der Waals surface area contributed by atoms with Crippen LogP contribution in [0.1, 0.15) is 23.2 Å². The lowest BCUT2D eigenvalue weighted by Gasteiger charge is -2.21. The first-order valence-electron chi connectivity index (χ1n) is 6.10. The number of rotatable bonds is 3. The largest absolute Gasteiger partial charge is 0.478 e. The number of hydrogen-bond donors (Lipinski definition) is 2. The summed E-state index contributed by atoms with van der Waals surface area (Å²) in [5, 5.41) is 11.3. The number of carbonyl (C=O) groups excluding carboxylic acids is 1. The minimum Gasteiger partial charge on any atom is -0.478 e. The van der Waals surface area contributed by atoms with E-state index in [2.05, 4.69) is 5.32 Å². The van der Waals surface area contributed by atoms with Crippen molar-refractivity contribution in [3.63, 3.8) is 0 Å². The molecule has 1 fully saturated rings. The first kappa shape index (κ1) is 14.4. The molecule has 2 N–H and O–H groups in total. The Balaban J connectivity index is 2.21. The maximum atomic E-state index is 13.2. The van der Waals surface area contributed by atoms with Crippen molar-refractivity contribution in [3.8, 4) is 0 Å². The molecule has 1 amide bonds. The molecule has 1 aromatic carbocycles. The maximum Gasteiger partial charge on any atom is 0.337 e. The van der Waals surface area contributed by atoms with Crippen LogP contribution in [0.4, 0.5) is 14.5 Å². The van der Waals surface area contributed by atoms with Gasteiger partial charge in [0.15, 0.2) is 11.6 Å². The molecule has 0 unspecified atom stereocenters. The van der Waals surface area contributed by atoms with E-state index in [0.717, 1.165) is 0 Å². The fraction of sp³-hybridized carbons (Fsp3) is 0.385. The topological polar surface area (TPSA) is 75.6 Å². The first-order chi connectivity index (χ1) is 9.49. The third-order valence-electron chi connectivity index (χ3n) is 3.14. The van der Waals surface area contributed by atoms with Crippen LogP contribution in [-0.2, 0) is 9.53 Å². The second kappa shape index (κ2) is 5.96. The van der Waals surface area contributed by atoms with Crippen molar-refractivity contribution in [2.75, 3.05) is 18.5 Å². The number of hydrogen-bond acceptors (Lipinski definition) is 3. The van der Waals surface area contributed by atoms with E-state index in [4.69, 9.17) is 9.84 Å². The van der Waals surface area contributed by atoms with Crippen molar-refractivity contribution in [3.05, 3.63) is 29.3 Å². The van der Waals surface area contributed by atoms with Gasteiger partial charge in [-0.3, -0.25) is 4.79 Å². The molecule has 1 saturated heterocycles. The Morgan fingerprint density at radius 3 is 2.40 bits per heavy atom. The number of carboxylic acids is 1. The Bertz CT molecular complexity index is 541. The summed E-state index contributed by atoms with van der Waals surface area (Å²) in [6.45, 7) is 0.892. The van der Waals surface area contributed by atoms with Gasteiger partial charge in [-0.1, -0.05) is 0 Å². The lowest BCUT2D eigenvalue weighted by Crippen LogP contribution is -2.29. The molecule has 20 heavy (non-hydrogen) atoms. The molecule has 0 spiro atoms. The molecular formula is C13H13F2NO4. The van der Waals surface area contributed by atoms with Gasteiger partial charge in [0.25, 0.3) is 0 Å². The Morgan fingerprint density at radius 1 is 1.20 bits per heavy atom. The lowest BCUT2D eigenvalue weighted by atomic mass is 9.99. The molecule has 0 atom stereocenters. The summed E-state index contributed by atoms with van der Waals surface area (Å²) < 4.78 is 31.3. The quantitative estimate of drug-likeness (QED) is 0.891. The molecule has 0 radical (unpaired) electrons. The molecule has 1 heterocycles. The zero-order valence-corrected chi connectivity index (χ0v) is 10.5. The van der Waals surface area contributed by atoms with Crippen LogP contribution in [0.25, 0.3) is 0 Å². The molecular weight excluding hydrogens is 272 g/mol. The predicted octanol–water partition coefficient (Wildman–Crippen LogP) is 2.03. The number of carboxylic acid groups (broad SMARTS) is 1. The Hall–Kier alpha value is -2.02.